The van der Waals surface area contributed by atoms with Crippen LogP contribution in [0.25, 0.3) is 0 Å². The number of aliphatic imine (C=N–C) groups is 2. The van der Waals surface area contributed by atoms with Crippen molar-refractivity contribution in [2.45, 2.75) is 51.0 Å². The van der Waals surface area contributed by atoms with E-state index in [1.807, 2.05) is 37.3 Å². The molecule has 0 radical (unpaired) electrons. The molecule has 2 aliphatic heterocycles. The van der Waals surface area contributed by atoms with Crippen LogP contribution in [0, 0.1) is 11.6 Å². The van der Waals surface area contributed by atoms with E-state index in [0.717, 1.165) is 36.6 Å². The first kappa shape index (κ1) is 27.3. The minimum atomic E-state index is -0.824. The fourth-order valence-corrected chi connectivity index (χ4v) is 4.88. The zero-order chi connectivity index (χ0) is 27.1. The number of carbonyl (C=O) groups is 1. The second-order valence-electron chi connectivity index (χ2n) is 9.87. The molecule has 38 heavy (non-hydrogen) atoms. The van der Waals surface area contributed by atoms with Crippen molar-refractivity contribution in [3.05, 3.63) is 77.7 Å². The number of nitrogens with zero attached hydrogens (tertiary/aromatic N) is 3. The molecule has 1 atom stereocenters. The molecule has 0 bridgehead atoms. The Bertz CT molecular complexity index is 1220. The van der Waals surface area contributed by atoms with Crippen LogP contribution in [0.15, 0.2) is 70.5 Å². The Morgan fingerprint density at radius 1 is 1.21 bits per heavy atom. The van der Waals surface area contributed by atoms with E-state index in [9.17, 15) is 9.18 Å². The number of benzene rings is 2. The summed E-state index contributed by atoms with van der Waals surface area (Å²) in [5, 5.41) is 2.89. The highest BCUT2D eigenvalue weighted by atomic mass is 19.1. The summed E-state index contributed by atoms with van der Waals surface area (Å²) in [6, 6.07) is 13.0. The number of amidine groups is 1. The number of hydrogen-bond donors (Lipinski definition) is 2. The minimum Gasteiger partial charge on any atom is -0.442 e. The van der Waals surface area contributed by atoms with Gasteiger partial charge in [0.1, 0.15) is 23.2 Å². The van der Waals surface area contributed by atoms with Gasteiger partial charge >= 0.3 is 0 Å². The largest absolute Gasteiger partial charge is 0.442 e. The number of amides is 1. The average Bonchev–Trinajstić information content (AvgIpc) is 2.92. The summed E-state index contributed by atoms with van der Waals surface area (Å²) in [4.78, 5) is 23.6. The van der Waals surface area contributed by atoms with E-state index in [1.165, 1.54) is 6.07 Å². The molecule has 0 saturated carbocycles. The maximum atomic E-state index is 15.1. The maximum Gasteiger partial charge on any atom is 0.273 e. The Morgan fingerprint density at radius 2 is 1.95 bits per heavy atom. The van der Waals surface area contributed by atoms with Crippen LogP contribution in [0.5, 0.6) is 5.75 Å². The van der Waals surface area contributed by atoms with Gasteiger partial charge in [-0.3, -0.25) is 14.8 Å². The lowest BCUT2D eigenvalue weighted by Crippen LogP contribution is -2.52. The highest BCUT2D eigenvalue weighted by molar-refractivity contribution is 6.66. The molecule has 2 aromatic carbocycles. The van der Waals surface area contributed by atoms with E-state index in [1.54, 1.807) is 0 Å². The molecule has 1 fully saturated rings. The monoisotopic (exact) mass is 523 g/mol. The molecule has 0 spiro atoms. The molecule has 9 heteroatoms. The van der Waals surface area contributed by atoms with Crippen molar-refractivity contribution < 1.29 is 18.3 Å². The van der Waals surface area contributed by atoms with Crippen LogP contribution in [0.1, 0.15) is 45.1 Å². The van der Waals surface area contributed by atoms with Gasteiger partial charge in [0.05, 0.1) is 12.6 Å². The summed E-state index contributed by atoms with van der Waals surface area (Å²) in [6.45, 7) is 5.52. The number of allylic oxidation sites excluding steroid dienone is 1. The van der Waals surface area contributed by atoms with E-state index in [4.69, 9.17) is 10.5 Å². The third kappa shape index (κ3) is 6.38. The lowest BCUT2D eigenvalue weighted by molar-refractivity contribution is -0.115. The Morgan fingerprint density at radius 3 is 2.63 bits per heavy atom. The minimum absolute atomic E-state index is 0.0800. The highest BCUT2D eigenvalue weighted by Crippen LogP contribution is 2.38. The third-order valence-electron chi connectivity index (χ3n) is 7.02. The molecule has 3 N–H and O–H groups in total. The number of hydrogen-bond acceptors (Lipinski definition) is 6. The molecular weight excluding hydrogens is 488 g/mol. The molecular formula is C29H35F2N5O2. The summed E-state index contributed by atoms with van der Waals surface area (Å²) >= 11 is 0. The molecule has 2 heterocycles. The van der Waals surface area contributed by atoms with Gasteiger partial charge in [0.15, 0.2) is 11.6 Å². The van der Waals surface area contributed by atoms with Gasteiger partial charge < -0.3 is 20.7 Å². The van der Waals surface area contributed by atoms with E-state index in [0.29, 0.717) is 32.5 Å². The van der Waals surface area contributed by atoms with Gasteiger partial charge in [-0.15, -0.1) is 0 Å². The molecule has 0 aliphatic carbocycles. The predicted molar refractivity (Wildman–Crippen MR) is 145 cm³/mol. The van der Waals surface area contributed by atoms with Crippen LogP contribution in [0.4, 0.5) is 8.78 Å². The summed E-state index contributed by atoms with van der Waals surface area (Å²) in [5.74, 6) is 0.0781. The van der Waals surface area contributed by atoms with Crippen molar-refractivity contribution in [3.8, 4) is 5.75 Å². The van der Waals surface area contributed by atoms with Crippen LogP contribution >= 0.6 is 0 Å². The number of para-hydroxylation sites is 1. The van der Waals surface area contributed by atoms with Crippen LogP contribution in [-0.4, -0.2) is 54.6 Å². The predicted octanol–water partition coefficient (Wildman–Crippen LogP) is 4.34. The highest BCUT2D eigenvalue weighted by Gasteiger charge is 2.40. The van der Waals surface area contributed by atoms with Crippen LogP contribution < -0.4 is 15.8 Å². The molecule has 7 nitrogen and oxygen atoms in total. The average molecular weight is 524 g/mol. The Balaban J connectivity index is 1.55. The van der Waals surface area contributed by atoms with Crippen molar-refractivity contribution in [3.63, 3.8) is 0 Å². The molecule has 1 saturated heterocycles. The number of halogens is 2. The van der Waals surface area contributed by atoms with Gasteiger partial charge in [0.2, 0.25) is 0 Å². The molecule has 0 aromatic heterocycles. The molecule has 1 amide bonds. The zero-order valence-corrected chi connectivity index (χ0v) is 21.9. The van der Waals surface area contributed by atoms with E-state index >= 15 is 4.39 Å². The first-order chi connectivity index (χ1) is 18.3. The first-order valence-electron chi connectivity index (χ1n) is 13.1. The normalized spacial score (nSPS) is 19.4. The fourth-order valence-electron chi connectivity index (χ4n) is 4.88. The van der Waals surface area contributed by atoms with Crippen molar-refractivity contribution in [1.82, 2.24) is 10.2 Å². The van der Waals surface area contributed by atoms with Gasteiger partial charge in [0, 0.05) is 25.0 Å². The standard InChI is InChI=1S/C29H35F2N5O2/c1-3-4-10-25(38-22-8-6-5-7-9-22)36-15-13-29(14-16-36,23-17-21(30)11-12-24(23)31)19-34-28(37)26-27(32)35-20(2)18-33-26/h5-12,17,20H,3-4,13-16,18-19H2,1-2H3,(H2,32,35)(H,34,37)/b25-10-. The van der Waals surface area contributed by atoms with E-state index in [2.05, 4.69) is 33.2 Å². The number of nitrogens with two attached hydrogens (primary N) is 1. The van der Waals surface area contributed by atoms with E-state index in [-0.39, 0.29) is 29.7 Å². The third-order valence-corrected chi connectivity index (χ3v) is 7.02. The summed E-state index contributed by atoms with van der Waals surface area (Å²) in [7, 11) is 0. The number of ether oxygens (including phenoxy) is 1. The number of rotatable bonds is 9. The Kier molecular flexibility index (Phi) is 8.76. The van der Waals surface area contributed by atoms with Gasteiger partial charge in [-0.2, -0.15) is 0 Å². The summed E-state index contributed by atoms with van der Waals surface area (Å²) in [5.41, 5.74) is 5.45. The summed E-state index contributed by atoms with van der Waals surface area (Å²) in [6.07, 6.45) is 4.83. The SMILES string of the molecule is CCC/C=C(\Oc1ccccc1)N1CCC(CNC(=O)C2=NCC(C)N=C2N)(c2cc(F)ccc2F)CC1. The number of nitrogens with one attached hydrogen (secondary N) is 1. The molecule has 4 rings (SSSR count). The quantitative estimate of drug-likeness (QED) is 0.479. The molecule has 1 unspecified atom stereocenters. The maximum absolute atomic E-state index is 15.1. The van der Waals surface area contributed by atoms with Crippen molar-refractivity contribution in [2.24, 2.45) is 15.7 Å². The topological polar surface area (TPSA) is 92.3 Å². The number of likely N-dealkylation sites (tertiary alicyclic amines) is 1. The number of piperidine rings is 1. The Hall–Kier alpha value is -3.75. The second-order valence-corrected chi connectivity index (χ2v) is 9.87. The number of carbonyl (C=O) groups excluding carboxylic acids is 1. The molecule has 2 aromatic rings. The second kappa shape index (κ2) is 12.2. The van der Waals surface area contributed by atoms with Crippen molar-refractivity contribution >= 4 is 17.5 Å². The number of unbranched alkanes of at least 4 members (excludes halogenated alkanes) is 1. The summed E-state index contributed by atoms with van der Waals surface area (Å²) < 4.78 is 35.6. The first-order valence-corrected chi connectivity index (χ1v) is 13.1. The van der Waals surface area contributed by atoms with Gasteiger partial charge in [-0.05, 0) is 68.2 Å². The lowest BCUT2D eigenvalue weighted by Gasteiger charge is -2.43. The molecule has 2 aliphatic rings. The van der Waals surface area contributed by atoms with Crippen LogP contribution in [0.2, 0.25) is 0 Å². The van der Waals surface area contributed by atoms with E-state index < -0.39 is 23.0 Å². The van der Waals surface area contributed by atoms with Crippen molar-refractivity contribution in [2.75, 3.05) is 26.2 Å². The Labute approximate surface area is 222 Å². The smallest absolute Gasteiger partial charge is 0.273 e. The van der Waals surface area contributed by atoms with Gasteiger partial charge in [0.25, 0.3) is 5.91 Å². The zero-order valence-electron chi connectivity index (χ0n) is 21.9. The fraction of sp³-hybridized carbons (Fsp3) is 0.414. The van der Waals surface area contributed by atoms with Crippen LogP contribution in [-0.2, 0) is 10.2 Å². The molecule has 202 valence electrons. The van der Waals surface area contributed by atoms with Crippen LogP contribution in [0.3, 0.4) is 0 Å². The van der Waals surface area contributed by atoms with Crippen molar-refractivity contribution in [1.29, 1.82) is 0 Å². The van der Waals surface area contributed by atoms with Gasteiger partial charge in [-0.25, -0.2) is 8.78 Å². The van der Waals surface area contributed by atoms with Gasteiger partial charge in [-0.1, -0.05) is 31.5 Å². The lowest BCUT2D eigenvalue weighted by atomic mass is 9.72.